The van der Waals surface area contributed by atoms with Gasteiger partial charge in [0.2, 0.25) is 5.91 Å². The van der Waals surface area contributed by atoms with Gasteiger partial charge in [-0.25, -0.2) is 0 Å². The van der Waals surface area contributed by atoms with E-state index in [9.17, 15) is 9.59 Å². The van der Waals surface area contributed by atoms with Gasteiger partial charge in [-0.05, 0) is 32.0 Å². The molecule has 0 saturated heterocycles. The first-order chi connectivity index (χ1) is 9.22. The minimum absolute atomic E-state index is 0.0951. The second-order valence-electron chi connectivity index (χ2n) is 4.00. The lowest BCUT2D eigenvalue weighted by Crippen LogP contribution is -2.29. The Labute approximate surface area is 113 Å². The molecule has 104 valence electrons. The molecule has 1 rings (SSSR count). The van der Waals surface area contributed by atoms with E-state index in [1.807, 2.05) is 30.3 Å². The van der Waals surface area contributed by atoms with E-state index in [0.717, 1.165) is 5.69 Å². The zero-order chi connectivity index (χ0) is 13.9. The van der Waals surface area contributed by atoms with E-state index in [2.05, 4.69) is 10.6 Å². The van der Waals surface area contributed by atoms with E-state index in [0.29, 0.717) is 26.0 Å². The first-order valence-electron chi connectivity index (χ1n) is 6.43. The molecule has 2 N–H and O–H groups in total. The van der Waals surface area contributed by atoms with Crippen LogP contribution in [0.2, 0.25) is 0 Å². The SMILES string of the molecule is CCOC(=O)CCCNCC(=O)Nc1ccccc1. The summed E-state index contributed by atoms with van der Waals surface area (Å²) in [6.45, 7) is 3.04. The molecule has 0 spiro atoms. The van der Waals surface area contributed by atoms with Gasteiger partial charge < -0.3 is 15.4 Å². The van der Waals surface area contributed by atoms with Gasteiger partial charge in [0.15, 0.2) is 0 Å². The lowest BCUT2D eigenvalue weighted by molar-refractivity contribution is -0.143. The largest absolute Gasteiger partial charge is 0.466 e. The number of hydrogen-bond donors (Lipinski definition) is 2. The first kappa shape index (κ1) is 15.2. The molecule has 0 unspecified atom stereocenters. The van der Waals surface area contributed by atoms with Gasteiger partial charge >= 0.3 is 5.97 Å². The van der Waals surface area contributed by atoms with E-state index < -0.39 is 0 Å². The highest BCUT2D eigenvalue weighted by atomic mass is 16.5. The summed E-state index contributed by atoms with van der Waals surface area (Å²) in [5.41, 5.74) is 0.779. The Hall–Kier alpha value is -1.88. The Balaban J connectivity index is 2.06. The number of nitrogens with one attached hydrogen (secondary N) is 2. The molecule has 1 aromatic carbocycles. The Morgan fingerprint density at radius 1 is 1.21 bits per heavy atom. The molecular weight excluding hydrogens is 244 g/mol. The molecule has 1 aromatic rings. The number of hydrogen-bond acceptors (Lipinski definition) is 4. The molecule has 0 radical (unpaired) electrons. The van der Waals surface area contributed by atoms with Gasteiger partial charge in [0, 0.05) is 12.1 Å². The molecule has 0 heterocycles. The number of amides is 1. The molecule has 0 aliphatic rings. The van der Waals surface area contributed by atoms with Crippen LogP contribution >= 0.6 is 0 Å². The average Bonchev–Trinajstić information content (AvgIpc) is 2.40. The molecule has 19 heavy (non-hydrogen) atoms. The topological polar surface area (TPSA) is 67.4 Å². The van der Waals surface area contributed by atoms with Crippen LogP contribution in [0.25, 0.3) is 0 Å². The van der Waals surface area contributed by atoms with E-state index in [1.165, 1.54) is 0 Å². The number of anilines is 1. The van der Waals surface area contributed by atoms with E-state index >= 15 is 0 Å². The van der Waals surface area contributed by atoms with Crippen molar-refractivity contribution in [2.75, 3.05) is 25.0 Å². The fourth-order valence-electron chi connectivity index (χ4n) is 1.52. The van der Waals surface area contributed by atoms with Gasteiger partial charge in [-0.15, -0.1) is 0 Å². The van der Waals surface area contributed by atoms with Crippen molar-refractivity contribution in [3.8, 4) is 0 Å². The number of rotatable bonds is 8. The summed E-state index contributed by atoms with van der Waals surface area (Å²) in [4.78, 5) is 22.6. The summed E-state index contributed by atoms with van der Waals surface area (Å²) in [6, 6.07) is 9.28. The summed E-state index contributed by atoms with van der Waals surface area (Å²) in [5, 5.41) is 5.75. The van der Waals surface area contributed by atoms with Crippen molar-refractivity contribution in [3.63, 3.8) is 0 Å². The Kier molecular flexibility index (Phi) is 7.27. The molecule has 0 saturated carbocycles. The minimum Gasteiger partial charge on any atom is -0.466 e. The highest BCUT2D eigenvalue weighted by Gasteiger charge is 2.03. The monoisotopic (exact) mass is 264 g/mol. The minimum atomic E-state index is -0.196. The fourth-order valence-corrected chi connectivity index (χ4v) is 1.52. The van der Waals surface area contributed by atoms with E-state index in [4.69, 9.17) is 4.74 Å². The predicted molar refractivity (Wildman–Crippen MR) is 73.8 cm³/mol. The predicted octanol–water partition coefficient (Wildman–Crippen LogP) is 1.56. The standard InChI is InChI=1S/C14H20N2O3/c1-2-19-14(18)9-6-10-15-11-13(17)16-12-7-4-3-5-8-12/h3-5,7-8,15H,2,6,9-11H2,1H3,(H,16,17). The molecule has 0 atom stereocenters. The van der Waals surface area contributed by atoms with Crippen LogP contribution in [-0.2, 0) is 14.3 Å². The smallest absolute Gasteiger partial charge is 0.305 e. The Morgan fingerprint density at radius 2 is 1.95 bits per heavy atom. The van der Waals surface area contributed by atoms with Crippen LogP contribution in [0.5, 0.6) is 0 Å². The van der Waals surface area contributed by atoms with Crippen molar-refractivity contribution in [1.82, 2.24) is 5.32 Å². The van der Waals surface area contributed by atoms with E-state index in [-0.39, 0.29) is 18.4 Å². The van der Waals surface area contributed by atoms with Gasteiger partial charge in [0.1, 0.15) is 0 Å². The summed E-state index contributed by atoms with van der Waals surface area (Å²) < 4.78 is 4.80. The number of para-hydroxylation sites is 1. The summed E-state index contributed by atoms with van der Waals surface area (Å²) in [5.74, 6) is -0.291. The number of esters is 1. The first-order valence-corrected chi connectivity index (χ1v) is 6.43. The highest BCUT2D eigenvalue weighted by molar-refractivity contribution is 5.92. The van der Waals surface area contributed by atoms with E-state index in [1.54, 1.807) is 6.92 Å². The lowest BCUT2D eigenvalue weighted by atomic mass is 10.3. The maximum absolute atomic E-state index is 11.5. The Morgan fingerprint density at radius 3 is 2.63 bits per heavy atom. The Bertz CT molecular complexity index is 393. The quantitative estimate of drug-likeness (QED) is 0.552. The molecule has 0 aliphatic carbocycles. The number of ether oxygens (including phenoxy) is 1. The van der Waals surface area contributed by atoms with Crippen LogP contribution in [0.3, 0.4) is 0 Å². The molecular formula is C14H20N2O3. The van der Waals surface area contributed by atoms with Crippen LogP contribution in [0.1, 0.15) is 19.8 Å². The summed E-state index contributed by atoms with van der Waals surface area (Å²) >= 11 is 0. The summed E-state index contributed by atoms with van der Waals surface area (Å²) in [6.07, 6.45) is 1.04. The molecule has 0 aromatic heterocycles. The van der Waals surface area contributed by atoms with Gasteiger partial charge in [0.25, 0.3) is 0 Å². The van der Waals surface area contributed by atoms with Crippen LogP contribution < -0.4 is 10.6 Å². The van der Waals surface area contributed by atoms with Crippen LogP contribution in [0.4, 0.5) is 5.69 Å². The maximum atomic E-state index is 11.5. The third kappa shape index (κ3) is 7.21. The summed E-state index contributed by atoms with van der Waals surface area (Å²) in [7, 11) is 0. The second-order valence-corrected chi connectivity index (χ2v) is 4.00. The molecule has 0 fully saturated rings. The van der Waals surface area contributed by atoms with Crippen molar-refractivity contribution >= 4 is 17.6 Å². The van der Waals surface area contributed by atoms with Crippen LogP contribution in [0, 0.1) is 0 Å². The molecule has 0 bridgehead atoms. The number of carbonyl (C=O) groups is 2. The fraction of sp³-hybridized carbons (Fsp3) is 0.429. The van der Waals surface area contributed by atoms with Crippen LogP contribution in [-0.4, -0.2) is 31.6 Å². The zero-order valence-electron chi connectivity index (χ0n) is 11.1. The molecule has 5 nitrogen and oxygen atoms in total. The second kappa shape index (κ2) is 9.10. The van der Waals surface area contributed by atoms with Crippen molar-refractivity contribution in [2.24, 2.45) is 0 Å². The molecule has 5 heteroatoms. The van der Waals surface area contributed by atoms with Gasteiger partial charge in [-0.1, -0.05) is 18.2 Å². The van der Waals surface area contributed by atoms with Crippen molar-refractivity contribution < 1.29 is 14.3 Å². The third-order valence-corrected chi connectivity index (χ3v) is 2.38. The van der Waals surface area contributed by atoms with Crippen molar-refractivity contribution in [1.29, 1.82) is 0 Å². The maximum Gasteiger partial charge on any atom is 0.305 e. The molecule has 0 aliphatic heterocycles. The average molecular weight is 264 g/mol. The van der Waals surface area contributed by atoms with Crippen LogP contribution in [0.15, 0.2) is 30.3 Å². The van der Waals surface area contributed by atoms with Gasteiger partial charge in [-0.2, -0.15) is 0 Å². The van der Waals surface area contributed by atoms with Gasteiger partial charge in [0.05, 0.1) is 13.2 Å². The van der Waals surface area contributed by atoms with Crippen molar-refractivity contribution in [2.45, 2.75) is 19.8 Å². The lowest BCUT2D eigenvalue weighted by Gasteiger charge is -2.06. The highest BCUT2D eigenvalue weighted by Crippen LogP contribution is 2.03. The number of carbonyl (C=O) groups excluding carboxylic acids is 2. The van der Waals surface area contributed by atoms with Gasteiger partial charge in [-0.3, -0.25) is 9.59 Å². The zero-order valence-corrected chi connectivity index (χ0v) is 11.1. The van der Waals surface area contributed by atoms with Crippen molar-refractivity contribution in [3.05, 3.63) is 30.3 Å². The molecule has 1 amide bonds. The normalized spacial score (nSPS) is 9.95. The number of benzene rings is 1. The third-order valence-electron chi connectivity index (χ3n) is 2.38.